The van der Waals surface area contributed by atoms with E-state index < -0.39 is 0 Å². The fourth-order valence-corrected chi connectivity index (χ4v) is 7.64. The van der Waals surface area contributed by atoms with Gasteiger partial charge in [-0.1, -0.05) is 66.7 Å². The number of hydrogen-bond acceptors (Lipinski definition) is 6. The summed E-state index contributed by atoms with van der Waals surface area (Å²) >= 11 is 0. The van der Waals surface area contributed by atoms with Crippen molar-refractivity contribution >= 4 is 28.4 Å². The maximum absolute atomic E-state index is 12.6. The molecule has 3 aliphatic heterocycles. The van der Waals surface area contributed by atoms with Crippen molar-refractivity contribution in [2.75, 3.05) is 0 Å². The number of carbonyl (C=O) groups excluding carboxylic acids is 2. The van der Waals surface area contributed by atoms with Crippen LogP contribution in [0.1, 0.15) is 50.1 Å². The largest absolute Gasteiger partial charge is 0.334 e. The highest BCUT2D eigenvalue weighted by atomic mass is 16.2. The average Bonchev–Trinajstić information content (AvgIpc) is 3.82. The molecule has 1 N–H and O–H groups in total. The minimum atomic E-state index is 0.166. The van der Waals surface area contributed by atoms with Gasteiger partial charge in [-0.2, -0.15) is 5.10 Å². The summed E-state index contributed by atoms with van der Waals surface area (Å²) < 4.78 is 0. The molecule has 4 aromatic carbocycles. The zero-order chi connectivity index (χ0) is 36.4. The molecule has 54 heavy (non-hydrogen) atoms. The van der Waals surface area contributed by atoms with E-state index in [1.807, 2.05) is 70.5 Å². The van der Waals surface area contributed by atoms with Crippen LogP contribution in [0.3, 0.4) is 0 Å². The number of aromatic nitrogens is 4. The third-order valence-corrected chi connectivity index (χ3v) is 10.4. The van der Waals surface area contributed by atoms with Crippen LogP contribution in [0.4, 0.5) is 0 Å². The molecule has 264 valence electrons. The van der Waals surface area contributed by atoms with E-state index in [9.17, 15) is 9.59 Å². The Hall–Kier alpha value is -6.74. The van der Waals surface area contributed by atoms with Crippen molar-refractivity contribution in [3.63, 3.8) is 0 Å². The monoisotopic (exact) mass is 707 g/mol. The van der Waals surface area contributed by atoms with Crippen LogP contribution in [0.5, 0.6) is 0 Å². The molecule has 0 saturated heterocycles. The van der Waals surface area contributed by atoms with E-state index in [-0.39, 0.29) is 11.8 Å². The maximum Gasteiger partial charge on any atom is 0.227 e. The minimum absolute atomic E-state index is 0.166. The van der Waals surface area contributed by atoms with Gasteiger partial charge in [0.15, 0.2) is 0 Å². The van der Waals surface area contributed by atoms with Crippen molar-refractivity contribution in [1.82, 2.24) is 30.0 Å². The van der Waals surface area contributed by atoms with E-state index in [4.69, 9.17) is 4.99 Å². The number of nitrogens with zero attached hydrogens (tertiary/aromatic N) is 6. The molecule has 0 atom stereocenters. The Kier molecular flexibility index (Phi) is 8.80. The Bertz CT molecular complexity index is 2520. The summed E-state index contributed by atoms with van der Waals surface area (Å²) in [6.07, 6.45) is 8.05. The van der Waals surface area contributed by atoms with Gasteiger partial charge in [-0.05, 0) is 81.4 Å². The van der Waals surface area contributed by atoms with Crippen molar-refractivity contribution in [3.8, 4) is 11.3 Å². The Morgan fingerprint density at radius 1 is 0.574 bits per heavy atom. The van der Waals surface area contributed by atoms with E-state index in [1.54, 1.807) is 24.8 Å². The number of H-pyrrole nitrogens is 1. The van der Waals surface area contributed by atoms with Gasteiger partial charge in [-0.3, -0.25) is 29.6 Å². The molecule has 9 nitrogen and oxygen atoms in total. The predicted molar refractivity (Wildman–Crippen MR) is 208 cm³/mol. The van der Waals surface area contributed by atoms with Gasteiger partial charge >= 0.3 is 0 Å². The first-order valence-electron chi connectivity index (χ1n) is 18.2. The van der Waals surface area contributed by atoms with E-state index in [0.29, 0.717) is 45.6 Å². The number of aliphatic imine (C=N–C) groups is 1. The fraction of sp³-hybridized carbons (Fsp3) is 0.156. The molecule has 2 amide bonds. The summed E-state index contributed by atoms with van der Waals surface area (Å²) in [5.74, 6) is 0.360. The summed E-state index contributed by atoms with van der Waals surface area (Å²) in [4.78, 5) is 42.1. The van der Waals surface area contributed by atoms with Crippen LogP contribution < -0.4 is 0 Å². The van der Waals surface area contributed by atoms with Crippen molar-refractivity contribution < 1.29 is 9.59 Å². The van der Waals surface area contributed by atoms with E-state index in [0.717, 1.165) is 55.7 Å². The quantitative estimate of drug-likeness (QED) is 0.196. The zero-order valence-electron chi connectivity index (χ0n) is 29.7. The normalized spacial score (nSPS) is 14.6. The number of nitrogens with one attached hydrogen (secondary N) is 1. The highest BCUT2D eigenvalue weighted by Gasteiger charge is 2.28. The number of benzene rings is 4. The number of carbonyl (C=O) groups is 2. The zero-order valence-corrected chi connectivity index (χ0v) is 29.7. The molecule has 0 spiro atoms. The molecule has 0 bridgehead atoms. The second kappa shape index (κ2) is 14.4. The lowest BCUT2D eigenvalue weighted by Gasteiger charge is -2.29. The first-order chi connectivity index (χ1) is 26.6. The van der Waals surface area contributed by atoms with E-state index >= 15 is 0 Å². The van der Waals surface area contributed by atoms with Crippen LogP contribution in [0.25, 0.3) is 22.2 Å². The van der Waals surface area contributed by atoms with Gasteiger partial charge in [-0.25, -0.2) is 0 Å². The molecule has 3 aromatic heterocycles. The van der Waals surface area contributed by atoms with Gasteiger partial charge in [-0.15, -0.1) is 0 Å². The van der Waals surface area contributed by atoms with Crippen LogP contribution in [-0.4, -0.2) is 47.5 Å². The summed E-state index contributed by atoms with van der Waals surface area (Å²) in [6.45, 7) is 3.25. The first-order valence-corrected chi connectivity index (χ1v) is 18.2. The second-order valence-electron chi connectivity index (χ2n) is 14.0. The Labute approximate surface area is 313 Å². The molecule has 0 saturated carbocycles. The minimum Gasteiger partial charge on any atom is -0.334 e. The Morgan fingerprint density at radius 2 is 1.13 bits per heavy atom. The summed E-state index contributed by atoms with van der Waals surface area (Å²) in [7, 11) is 0. The Balaban J connectivity index is 0.000000142. The molecule has 9 heteroatoms. The lowest BCUT2D eigenvalue weighted by Crippen LogP contribution is -2.35. The Morgan fingerprint density at radius 3 is 1.74 bits per heavy atom. The summed E-state index contributed by atoms with van der Waals surface area (Å²) in [6, 6.07) is 36.9. The highest BCUT2D eigenvalue weighted by Crippen LogP contribution is 2.32. The lowest BCUT2D eigenvalue weighted by atomic mass is 9.91. The fourth-order valence-electron chi connectivity index (χ4n) is 7.64. The number of fused-ring (bicyclic) bond motifs is 4. The van der Waals surface area contributed by atoms with Crippen LogP contribution >= 0.6 is 0 Å². The number of hydrogen-bond donors (Lipinski definition) is 1. The SMILES string of the molecule is O=C1Cc2cc3[nH]nc(-c4ccncc4)c3cc2CN1Cc1ccccc1.O=C1Cc2cc3c(cc2CN1Cc1ccccc1)C(c1ccncc1)=NC3. The standard InChI is InChI=1S/C23H19N3O.C22H18N4O/c27-22-12-18-10-19-13-25-23(17-6-8-24-9-7-17)21(19)11-20(18)15-26(22)14-16-4-2-1-3-5-16;27-21-12-17-11-20-19(22(25-24-20)16-6-8-23-9-7-16)10-18(17)14-26(21)13-15-4-2-1-3-5-15/h1-11H,12-15H2;1-11H,12-14H2,(H,24,25). The molecule has 0 aliphatic carbocycles. The topological polar surface area (TPSA) is 107 Å². The summed E-state index contributed by atoms with van der Waals surface area (Å²) in [5, 5.41) is 8.68. The number of rotatable bonds is 6. The third-order valence-electron chi connectivity index (χ3n) is 10.4. The van der Waals surface area contributed by atoms with Gasteiger partial charge in [0.05, 0.1) is 30.6 Å². The van der Waals surface area contributed by atoms with E-state index in [1.165, 1.54) is 22.3 Å². The average molecular weight is 708 g/mol. The first kappa shape index (κ1) is 33.1. The third kappa shape index (κ3) is 6.67. The molecular formula is C45H37N7O2. The molecule has 7 aromatic rings. The molecule has 0 fully saturated rings. The molecular weight excluding hydrogens is 671 g/mol. The molecule has 3 aliphatic rings. The molecule has 0 unspecified atom stereocenters. The van der Waals surface area contributed by atoms with Gasteiger partial charge < -0.3 is 9.80 Å². The number of aromatic amines is 1. The second-order valence-corrected chi connectivity index (χ2v) is 14.0. The van der Waals surface area contributed by atoms with Crippen molar-refractivity contribution in [2.45, 2.75) is 45.6 Å². The van der Waals surface area contributed by atoms with Crippen LogP contribution in [0.15, 0.2) is 139 Å². The summed E-state index contributed by atoms with van der Waals surface area (Å²) in [5.41, 5.74) is 14.4. The smallest absolute Gasteiger partial charge is 0.227 e. The lowest BCUT2D eigenvalue weighted by molar-refractivity contribution is -0.133. The highest BCUT2D eigenvalue weighted by molar-refractivity contribution is 6.15. The molecule has 0 radical (unpaired) electrons. The van der Waals surface area contributed by atoms with Gasteiger partial charge in [0.25, 0.3) is 0 Å². The van der Waals surface area contributed by atoms with Gasteiger partial charge in [0.2, 0.25) is 11.8 Å². The van der Waals surface area contributed by atoms with Gasteiger partial charge in [0, 0.05) is 73.0 Å². The number of pyridine rings is 2. The van der Waals surface area contributed by atoms with Crippen molar-refractivity contribution in [3.05, 3.63) is 184 Å². The van der Waals surface area contributed by atoms with E-state index in [2.05, 4.69) is 68.7 Å². The molecule has 6 heterocycles. The van der Waals surface area contributed by atoms with Crippen molar-refractivity contribution in [2.24, 2.45) is 4.99 Å². The maximum atomic E-state index is 12.6. The van der Waals surface area contributed by atoms with Crippen molar-refractivity contribution in [1.29, 1.82) is 0 Å². The predicted octanol–water partition coefficient (Wildman–Crippen LogP) is 7.23. The van der Waals surface area contributed by atoms with Crippen LogP contribution in [0.2, 0.25) is 0 Å². The van der Waals surface area contributed by atoms with Crippen LogP contribution in [0, 0.1) is 0 Å². The van der Waals surface area contributed by atoms with Crippen LogP contribution in [-0.2, 0) is 55.2 Å². The molecule has 10 rings (SSSR count). The van der Waals surface area contributed by atoms with Gasteiger partial charge in [0.1, 0.15) is 5.69 Å². The number of amides is 2.